The van der Waals surface area contributed by atoms with E-state index in [1.807, 2.05) is 9.80 Å². The monoisotopic (exact) mass is 359 g/mol. The van der Waals surface area contributed by atoms with Gasteiger partial charge in [0.05, 0.1) is 12.1 Å². The molecule has 0 bridgehead atoms. The fourth-order valence-corrected chi connectivity index (χ4v) is 2.45. The number of rotatable bonds is 4. The lowest BCUT2D eigenvalue weighted by atomic mass is 10.2. The number of aromatic nitrogens is 1. The lowest BCUT2D eigenvalue weighted by molar-refractivity contribution is -0.137. The fraction of sp³-hybridized carbons (Fsp3) is 0.533. The van der Waals surface area contributed by atoms with Crippen LogP contribution in [0.15, 0.2) is 18.3 Å². The second-order valence-corrected chi connectivity index (χ2v) is 5.57. The van der Waals surface area contributed by atoms with Crippen LogP contribution in [0.25, 0.3) is 0 Å². The Kier molecular flexibility index (Phi) is 6.18. The van der Waals surface area contributed by atoms with Crippen LogP contribution in [0.1, 0.15) is 12.5 Å². The van der Waals surface area contributed by atoms with Crippen LogP contribution in [0.4, 0.5) is 23.8 Å². The molecule has 0 aromatic carbocycles. The number of nitrogens with one attached hydrogen (secondary N) is 2. The average Bonchev–Trinajstić information content (AvgIpc) is 2.55. The molecule has 2 rings (SSSR count). The number of imide groups is 1. The van der Waals surface area contributed by atoms with E-state index in [-0.39, 0.29) is 6.54 Å². The maximum atomic E-state index is 12.5. The molecule has 0 saturated carbocycles. The van der Waals surface area contributed by atoms with Crippen LogP contribution < -0.4 is 15.5 Å². The summed E-state index contributed by atoms with van der Waals surface area (Å²) in [5.41, 5.74) is -0.781. The van der Waals surface area contributed by atoms with Crippen LogP contribution in [0, 0.1) is 0 Å². The van der Waals surface area contributed by atoms with Crippen molar-refractivity contribution in [1.82, 2.24) is 20.5 Å². The number of anilines is 1. The Bertz CT molecular complexity index is 598. The van der Waals surface area contributed by atoms with E-state index in [4.69, 9.17) is 0 Å². The second-order valence-electron chi connectivity index (χ2n) is 5.57. The van der Waals surface area contributed by atoms with Gasteiger partial charge in [0.25, 0.3) is 0 Å². The van der Waals surface area contributed by atoms with E-state index in [1.165, 1.54) is 6.07 Å². The number of piperazine rings is 1. The molecule has 1 fully saturated rings. The Morgan fingerprint density at radius 2 is 1.88 bits per heavy atom. The summed E-state index contributed by atoms with van der Waals surface area (Å²) in [7, 11) is 0. The molecule has 0 atom stereocenters. The Morgan fingerprint density at radius 3 is 2.40 bits per heavy atom. The van der Waals surface area contributed by atoms with Gasteiger partial charge in [0.1, 0.15) is 5.82 Å². The Labute approximate surface area is 143 Å². The summed E-state index contributed by atoms with van der Waals surface area (Å²) in [6.45, 7) is 4.43. The molecular formula is C15H20F3N5O2. The average molecular weight is 359 g/mol. The molecule has 10 heteroatoms. The summed E-state index contributed by atoms with van der Waals surface area (Å²) in [5, 5.41) is 4.70. The Hall–Kier alpha value is -2.36. The standard InChI is InChI=1S/C15H20F3N5O2/c1-2-19-14(25)21-13(24)10-22-5-7-23(8-6-22)12-4-3-11(9-20-12)15(16,17)18/h3-4,9H,2,5-8,10H2,1H3,(H2,19,21,24,25). The first kappa shape index (κ1) is 19.0. The molecule has 3 amide bonds. The molecule has 2 N–H and O–H groups in total. The van der Waals surface area contributed by atoms with Crippen molar-refractivity contribution in [3.63, 3.8) is 0 Å². The van der Waals surface area contributed by atoms with Crippen molar-refractivity contribution in [2.24, 2.45) is 0 Å². The molecule has 1 aliphatic rings. The number of halogens is 3. The highest BCUT2D eigenvalue weighted by Gasteiger charge is 2.31. The minimum atomic E-state index is -4.40. The predicted molar refractivity (Wildman–Crippen MR) is 85.1 cm³/mol. The van der Waals surface area contributed by atoms with Crippen LogP contribution in [-0.4, -0.2) is 61.1 Å². The van der Waals surface area contributed by atoms with Gasteiger partial charge in [0, 0.05) is 38.9 Å². The topological polar surface area (TPSA) is 77.6 Å². The molecule has 7 nitrogen and oxygen atoms in total. The van der Waals surface area contributed by atoms with Crippen LogP contribution in [0.5, 0.6) is 0 Å². The summed E-state index contributed by atoms with van der Waals surface area (Å²) in [4.78, 5) is 30.6. The highest BCUT2D eigenvalue weighted by Crippen LogP contribution is 2.29. The minimum Gasteiger partial charge on any atom is -0.354 e. The van der Waals surface area contributed by atoms with Gasteiger partial charge in [-0.25, -0.2) is 9.78 Å². The number of carbonyl (C=O) groups is 2. The summed E-state index contributed by atoms with van der Waals surface area (Å²) in [5.74, 6) is 0.0754. The molecule has 0 aliphatic carbocycles. The number of urea groups is 1. The molecule has 0 radical (unpaired) electrons. The highest BCUT2D eigenvalue weighted by atomic mass is 19.4. The molecule has 25 heavy (non-hydrogen) atoms. The van der Waals surface area contributed by atoms with E-state index in [9.17, 15) is 22.8 Å². The van der Waals surface area contributed by atoms with Crippen molar-refractivity contribution in [3.8, 4) is 0 Å². The zero-order valence-corrected chi connectivity index (χ0v) is 13.8. The fourth-order valence-electron chi connectivity index (χ4n) is 2.45. The van der Waals surface area contributed by atoms with E-state index in [0.717, 1.165) is 12.3 Å². The summed E-state index contributed by atoms with van der Waals surface area (Å²) >= 11 is 0. The molecule has 138 valence electrons. The maximum Gasteiger partial charge on any atom is 0.417 e. The first-order chi connectivity index (χ1) is 11.8. The molecule has 0 spiro atoms. The summed E-state index contributed by atoms with van der Waals surface area (Å²) in [6, 6.07) is 1.83. The van der Waals surface area contributed by atoms with Crippen LogP contribution in [0.2, 0.25) is 0 Å². The molecule has 2 heterocycles. The van der Waals surface area contributed by atoms with E-state index < -0.39 is 23.7 Å². The van der Waals surface area contributed by atoms with Gasteiger partial charge in [-0.2, -0.15) is 13.2 Å². The highest BCUT2D eigenvalue weighted by molar-refractivity contribution is 5.95. The third-order valence-corrected chi connectivity index (χ3v) is 3.73. The minimum absolute atomic E-state index is 0.0887. The van der Waals surface area contributed by atoms with E-state index >= 15 is 0 Å². The van der Waals surface area contributed by atoms with Crippen LogP contribution >= 0.6 is 0 Å². The van der Waals surface area contributed by atoms with E-state index in [0.29, 0.717) is 38.5 Å². The van der Waals surface area contributed by atoms with Gasteiger partial charge in [-0.15, -0.1) is 0 Å². The molecule has 1 aromatic rings. The van der Waals surface area contributed by atoms with Crippen molar-refractivity contribution >= 4 is 17.8 Å². The van der Waals surface area contributed by atoms with Crippen LogP contribution in [-0.2, 0) is 11.0 Å². The lowest BCUT2D eigenvalue weighted by Gasteiger charge is -2.35. The van der Waals surface area contributed by atoms with Gasteiger partial charge in [-0.1, -0.05) is 0 Å². The number of nitrogens with zero attached hydrogens (tertiary/aromatic N) is 3. The molecule has 0 unspecified atom stereocenters. The molecule has 1 aliphatic heterocycles. The number of pyridine rings is 1. The van der Waals surface area contributed by atoms with Gasteiger partial charge in [0.15, 0.2) is 0 Å². The van der Waals surface area contributed by atoms with E-state index in [2.05, 4.69) is 15.6 Å². The zero-order chi connectivity index (χ0) is 18.4. The Morgan fingerprint density at radius 1 is 1.20 bits per heavy atom. The van der Waals surface area contributed by atoms with Crippen molar-refractivity contribution in [1.29, 1.82) is 0 Å². The number of carbonyl (C=O) groups excluding carboxylic acids is 2. The van der Waals surface area contributed by atoms with Gasteiger partial charge < -0.3 is 10.2 Å². The Balaban J connectivity index is 1.81. The molecule has 1 aromatic heterocycles. The lowest BCUT2D eigenvalue weighted by Crippen LogP contribution is -2.51. The predicted octanol–water partition coefficient (Wildman–Crippen LogP) is 1.07. The first-order valence-corrected chi connectivity index (χ1v) is 7.88. The van der Waals surface area contributed by atoms with E-state index in [1.54, 1.807) is 6.92 Å². The SMILES string of the molecule is CCNC(=O)NC(=O)CN1CCN(c2ccc(C(F)(F)F)cn2)CC1. The summed E-state index contributed by atoms with van der Waals surface area (Å²) in [6.07, 6.45) is -3.58. The largest absolute Gasteiger partial charge is 0.417 e. The third-order valence-electron chi connectivity index (χ3n) is 3.73. The second kappa shape index (κ2) is 8.15. The third kappa shape index (κ3) is 5.59. The maximum absolute atomic E-state index is 12.5. The van der Waals surface area contributed by atoms with Crippen LogP contribution in [0.3, 0.4) is 0 Å². The quantitative estimate of drug-likeness (QED) is 0.841. The number of alkyl halides is 3. The zero-order valence-electron chi connectivity index (χ0n) is 13.8. The normalized spacial score (nSPS) is 15.8. The van der Waals surface area contributed by atoms with Gasteiger partial charge >= 0.3 is 12.2 Å². The molecule has 1 saturated heterocycles. The first-order valence-electron chi connectivity index (χ1n) is 7.88. The summed E-state index contributed by atoms with van der Waals surface area (Å²) < 4.78 is 37.6. The van der Waals surface area contributed by atoms with Gasteiger partial charge in [-0.3, -0.25) is 15.0 Å². The van der Waals surface area contributed by atoms with Crippen molar-refractivity contribution in [3.05, 3.63) is 23.9 Å². The smallest absolute Gasteiger partial charge is 0.354 e. The van der Waals surface area contributed by atoms with Crippen molar-refractivity contribution < 1.29 is 22.8 Å². The van der Waals surface area contributed by atoms with Gasteiger partial charge in [0.2, 0.25) is 5.91 Å². The van der Waals surface area contributed by atoms with Crippen molar-refractivity contribution in [2.45, 2.75) is 13.1 Å². The van der Waals surface area contributed by atoms with Gasteiger partial charge in [-0.05, 0) is 19.1 Å². The number of hydrogen-bond acceptors (Lipinski definition) is 5. The number of amides is 3. The molecular weight excluding hydrogens is 339 g/mol. The van der Waals surface area contributed by atoms with Crippen molar-refractivity contribution in [2.75, 3.05) is 44.2 Å². The number of hydrogen-bond donors (Lipinski definition) is 2.